The summed E-state index contributed by atoms with van der Waals surface area (Å²) < 4.78 is 0. The molecule has 0 aliphatic heterocycles. The molecule has 20 heavy (non-hydrogen) atoms. The molecule has 3 N–H and O–H groups in total. The predicted octanol–water partition coefficient (Wildman–Crippen LogP) is 3.33. The standard InChI is InChI=1S/C17H23N3/c1-3-13-5-7-14(8-6-13)15-12(2)19-16(20-15)17(11-18)9-4-10-17/h5-8H,3-4,9-11,18H2,1-2H3,(H,19,20). The van der Waals surface area contributed by atoms with Crippen LogP contribution in [0.15, 0.2) is 24.3 Å². The number of aromatic nitrogens is 2. The number of nitrogens with one attached hydrogen (secondary N) is 1. The number of rotatable bonds is 4. The quantitative estimate of drug-likeness (QED) is 0.894. The van der Waals surface area contributed by atoms with Crippen molar-refractivity contribution in [2.24, 2.45) is 5.73 Å². The molecule has 0 atom stereocenters. The summed E-state index contributed by atoms with van der Waals surface area (Å²) in [5, 5.41) is 0. The largest absolute Gasteiger partial charge is 0.345 e. The molecule has 1 aliphatic rings. The van der Waals surface area contributed by atoms with Gasteiger partial charge < -0.3 is 10.7 Å². The molecule has 0 amide bonds. The van der Waals surface area contributed by atoms with E-state index in [1.165, 1.54) is 17.5 Å². The zero-order valence-corrected chi connectivity index (χ0v) is 12.4. The Balaban J connectivity index is 1.96. The monoisotopic (exact) mass is 269 g/mol. The molecule has 2 aromatic rings. The average Bonchev–Trinajstić information content (AvgIpc) is 2.81. The molecule has 106 valence electrons. The number of hydrogen-bond donors (Lipinski definition) is 2. The van der Waals surface area contributed by atoms with Crippen LogP contribution < -0.4 is 5.73 Å². The lowest BCUT2D eigenvalue weighted by atomic mass is 9.68. The molecule has 0 saturated heterocycles. The highest BCUT2D eigenvalue weighted by molar-refractivity contribution is 5.62. The first-order valence-corrected chi connectivity index (χ1v) is 7.55. The molecular weight excluding hydrogens is 246 g/mol. The molecule has 1 aromatic carbocycles. The van der Waals surface area contributed by atoms with Gasteiger partial charge in [0.1, 0.15) is 5.82 Å². The van der Waals surface area contributed by atoms with Crippen LogP contribution in [-0.4, -0.2) is 16.5 Å². The number of nitrogens with two attached hydrogens (primary N) is 1. The molecule has 3 nitrogen and oxygen atoms in total. The van der Waals surface area contributed by atoms with Crippen molar-refractivity contribution in [3.63, 3.8) is 0 Å². The zero-order valence-electron chi connectivity index (χ0n) is 12.4. The van der Waals surface area contributed by atoms with E-state index in [1.807, 2.05) is 0 Å². The first-order valence-electron chi connectivity index (χ1n) is 7.55. The minimum absolute atomic E-state index is 0.104. The molecule has 0 radical (unpaired) electrons. The van der Waals surface area contributed by atoms with Crippen LogP contribution in [-0.2, 0) is 11.8 Å². The van der Waals surface area contributed by atoms with Gasteiger partial charge in [-0.1, -0.05) is 37.6 Å². The highest BCUT2D eigenvalue weighted by Crippen LogP contribution is 2.42. The fraction of sp³-hybridized carbons (Fsp3) is 0.471. The minimum Gasteiger partial charge on any atom is -0.345 e. The summed E-state index contributed by atoms with van der Waals surface area (Å²) in [5.41, 5.74) is 10.8. The van der Waals surface area contributed by atoms with E-state index in [1.54, 1.807) is 0 Å². The highest BCUT2D eigenvalue weighted by Gasteiger charge is 2.40. The van der Waals surface area contributed by atoms with Crippen LogP contribution in [0, 0.1) is 6.92 Å². The molecule has 1 aliphatic carbocycles. The van der Waals surface area contributed by atoms with Crippen molar-refractivity contribution in [3.8, 4) is 11.3 Å². The summed E-state index contributed by atoms with van der Waals surface area (Å²) in [5.74, 6) is 1.08. The number of imidazole rings is 1. The Kier molecular flexibility index (Phi) is 3.38. The summed E-state index contributed by atoms with van der Waals surface area (Å²) >= 11 is 0. The number of benzene rings is 1. The lowest BCUT2D eigenvalue weighted by Crippen LogP contribution is -2.42. The number of hydrogen-bond acceptors (Lipinski definition) is 2. The fourth-order valence-electron chi connectivity index (χ4n) is 3.03. The minimum atomic E-state index is 0.104. The van der Waals surface area contributed by atoms with Gasteiger partial charge in [-0.3, -0.25) is 0 Å². The van der Waals surface area contributed by atoms with Crippen molar-refractivity contribution >= 4 is 0 Å². The number of aryl methyl sites for hydroxylation is 2. The maximum absolute atomic E-state index is 5.98. The lowest BCUT2D eigenvalue weighted by Gasteiger charge is -2.39. The van der Waals surface area contributed by atoms with Gasteiger partial charge in [-0.15, -0.1) is 0 Å². The SMILES string of the molecule is CCc1ccc(-c2nc(C3(CN)CCC3)[nH]c2C)cc1. The van der Waals surface area contributed by atoms with E-state index in [-0.39, 0.29) is 5.41 Å². The Labute approximate surface area is 120 Å². The van der Waals surface area contributed by atoms with Crippen LogP contribution in [0.3, 0.4) is 0 Å². The van der Waals surface area contributed by atoms with E-state index in [0.29, 0.717) is 6.54 Å². The Morgan fingerprint density at radius 1 is 1.25 bits per heavy atom. The van der Waals surface area contributed by atoms with E-state index in [4.69, 9.17) is 10.7 Å². The smallest absolute Gasteiger partial charge is 0.114 e. The van der Waals surface area contributed by atoms with Crippen molar-refractivity contribution in [2.45, 2.75) is 44.9 Å². The highest BCUT2D eigenvalue weighted by atomic mass is 15.0. The third-order valence-electron chi connectivity index (χ3n) is 4.72. The third-order valence-corrected chi connectivity index (χ3v) is 4.72. The van der Waals surface area contributed by atoms with Crippen molar-refractivity contribution < 1.29 is 0 Å². The molecule has 1 saturated carbocycles. The first kappa shape index (κ1) is 13.4. The summed E-state index contributed by atoms with van der Waals surface area (Å²) in [4.78, 5) is 8.34. The Bertz CT molecular complexity index is 586. The Morgan fingerprint density at radius 3 is 2.45 bits per heavy atom. The maximum Gasteiger partial charge on any atom is 0.114 e. The topological polar surface area (TPSA) is 54.7 Å². The molecule has 1 fully saturated rings. The number of nitrogens with zero attached hydrogens (tertiary/aromatic N) is 1. The molecule has 3 heteroatoms. The van der Waals surface area contributed by atoms with Gasteiger partial charge in [-0.2, -0.15) is 0 Å². The van der Waals surface area contributed by atoms with Crippen molar-refractivity contribution in [1.29, 1.82) is 0 Å². The third kappa shape index (κ3) is 2.06. The van der Waals surface area contributed by atoms with E-state index in [0.717, 1.165) is 36.5 Å². The molecular formula is C17H23N3. The number of aromatic amines is 1. The van der Waals surface area contributed by atoms with E-state index in [9.17, 15) is 0 Å². The zero-order chi connectivity index (χ0) is 14.2. The van der Waals surface area contributed by atoms with Gasteiger partial charge in [0.15, 0.2) is 0 Å². The van der Waals surface area contributed by atoms with Gasteiger partial charge in [0.05, 0.1) is 5.69 Å². The van der Waals surface area contributed by atoms with Crippen molar-refractivity contribution in [2.75, 3.05) is 6.54 Å². The Hall–Kier alpha value is -1.61. The van der Waals surface area contributed by atoms with E-state index >= 15 is 0 Å². The molecule has 0 unspecified atom stereocenters. The summed E-state index contributed by atoms with van der Waals surface area (Å²) in [6.07, 6.45) is 4.65. The summed E-state index contributed by atoms with van der Waals surface area (Å²) in [6.45, 7) is 4.96. The van der Waals surface area contributed by atoms with Crippen LogP contribution in [0.5, 0.6) is 0 Å². The van der Waals surface area contributed by atoms with Crippen molar-refractivity contribution in [3.05, 3.63) is 41.3 Å². The van der Waals surface area contributed by atoms with Crippen LogP contribution in [0.1, 0.15) is 43.3 Å². The van der Waals surface area contributed by atoms with Crippen molar-refractivity contribution in [1.82, 2.24) is 9.97 Å². The average molecular weight is 269 g/mol. The first-order chi connectivity index (χ1) is 9.68. The molecule has 0 spiro atoms. The normalized spacial score (nSPS) is 16.9. The van der Waals surface area contributed by atoms with Gasteiger partial charge in [0.25, 0.3) is 0 Å². The second-order valence-electron chi connectivity index (χ2n) is 5.95. The fourth-order valence-corrected chi connectivity index (χ4v) is 3.03. The lowest BCUT2D eigenvalue weighted by molar-refractivity contribution is 0.239. The van der Waals surface area contributed by atoms with E-state index in [2.05, 4.69) is 43.1 Å². The van der Waals surface area contributed by atoms with Gasteiger partial charge in [0, 0.05) is 23.2 Å². The second-order valence-corrected chi connectivity index (χ2v) is 5.95. The van der Waals surface area contributed by atoms with Gasteiger partial charge in [0.2, 0.25) is 0 Å². The molecule has 1 heterocycles. The maximum atomic E-state index is 5.98. The second kappa shape index (κ2) is 5.06. The molecule has 1 aromatic heterocycles. The van der Waals surface area contributed by atoms with Crippen LogP contribution in [0.2, 0.25) is 0 Å². The predicted molar refractivity (Wildman–Crippen MR) is 82.7 cm³/mol. The summed E-state index contributed by atoms with van der Waals surface area (Å²) in [7, 11) is 0. The molecule has 3 rings (SSSR count). The Morgan fingerprint density at radius 2 is 1.95 bits per heavy atom. The number of H-pyrrole nitrogens is 1. The van der Waals surface area contributed by atoms with Gasteiger partial charge in [-0.05, 0) is 31.7 Å². The van der Waals surface area contributed by atoms with Crippen LogP contribution in [0.4, 0.5) is 0 Å². The van der Waals surface area contributed by atoms with Gasteiger partial charge in [-0.25, -0.2) is 4.98 Å². The van der Waals surface area contributed by atoms with Gasteiger partial charge >= 0.3 is 0 Å². The van der Waals surface area contributed by atoms with E-state index < -0.39 is 0 Å². The van der Waals surface area contributed by atoms with Crippen LogP contribution in [0.25, 0.3) is 11.3 Å². The summed E-state index contributed by atoms with van der Waals surface area (Å²) in [6, 6.07) is 8.71. The molecule has 0 bridgehead atoms. The van der Waals surface area contributed by atoms with Crippen LogP contribution >= 0.6 is 0 Å².